The van der Waals surface area contributed by atoms with E-state index < -0.39 is 0 Å². The molecule has 0 bridgehead atoms. The smallest absolute Gasteiger partial charge is 0.239 e. The summed E-state index contributed by atoms with van der Waals surface area (Å²) in [5.74, 6) is -0.0717. The summed E-state index contributed by atoms with van der Waals surface area (Å²) in [4.78, 5) is 20.5. The van der Waals surface area contributed by atoms with Crippen molar-refractivity contribution in [3.63, 3.8) is 0 Å². The Labute approximate surface area is 131 Å². The zero-order valence-corrected chi connectivity index (χ0v) is 13.8. The van der Waals surface area contributed by atoms with Crippen molar-refractivity contribution in [2.75, 3.05) is 5.32 Å². The van der Waals surface area contributed by atoms with Crippen LogP contribution in [0.25, 0.3) is 0 Å². The van der Waals surface area contributed by atoms with E-state index in [-0.39, 0.29) is 11.2 Å². The zero-order valence-electron chi connectivity index (χ0n) is 12.2. The molecule has 0 aliphatic carbocycles. The molecule has 0 radical (unpaired) electrons. The van der Waals surface area contributed by atoms with Crippen LogP contribution in [0.3, 0.4) is 0 Å². The lowest BCUT2D eigenvalue weighted by molar-refractivity contribution is -0.115. The van der Waals surface area contributed by atoms with Gasteiger partial charge in [0.25, 0.3) is 0 Å². The highest BCUT2D eigenvalue weighted by Crippen LogP contribution is 2.25. The van der Waals surface area contributed by atoms with Gasteiger partial charge in [0.2, 0.25) is 11.0 Å². The summed E-state index contributed by atoms with van der Waals surface area (Å²) in [5, 5.41) is 12.8. The fourth-order valence-corrected chi connectivity index (χ4v) is 3.25. The number of carbonyl (C=O) groups is 1. The molecule has 0 spiro atoms. The second-order valence-corrected chi connectivity index (χ2v) is 6.64. The first-order valence-corrected chi connectivity index (χ1v) is 8.40. The van der Waals surface area contributed by atoms with E-state index in [2.05, 4.69) is 25.5 Å². The Morgan fingerprint density at radius 3 is 2.81 bits per heavy atom. The SMILES string of the molecule is CCc1nnc(NC(=O)[C@@H](CC)Sc2cc(C)ncn2)s1. The maximum absolute atomic E-state index is 12.3. The van der Waals surface area contributed by atoms with Crippen LogP contribution in [0.2, 0.25) is 0 Å². The highest BCUT2D eigenvalue weighted by molar-refractivity contribution is 8.00. The summed E-state index contributed by atoms with van der Waals surface area (Å²) in [6, 6.07) is 1.88. The van der Waals surface area contributed by atoms with Crippen LogP contribution in [0.15, 0.2) is 17.4 Å². The van der Waals surface area contributed by atoms with Gasteiger partial charge in [0.1, 0.15) is 16.4 Å². The number of carbonyl (C=O) groups excluding carboxylic acids is 1. The number of nitrogens with one attached hydrogen (secondary N) is 1. The van der Waals surface area contributed by atoms with E-state index in [1.807, 2.05) is 26.8 Å². The van der Waals surface area contributed by atoms with Crippen molar-refractivity contribution < 1.29 is 4.79 Å². The molecule has 8 heteroatoms. The van der Waals surface area contributed by atoms with Crippen molar-refractivity contribution in [2.24, 2.45) is 0 Å². The Hall–Kier alpha value is -1.54. The lowest BCUT2D eigenvalue weighted by Crippen LogP contribution is -2.24. The minimum atomic E-state index is -0.215. The number of aromatic nitrogens is 4. The maximum atomic E-state index is 12.3. The normalized spacial score (nSPS) is 12.1. The molecule has 0 aliphatic rings. The van der Waals surface area contributed by atoms with Gasteiger partial charge in [-0.15, -0.1) is 10.2 Å². The number of thioether (sulfide) groups is 1. The van der Waals surface area contributed by atoms with Gasteiger partial charge in [-0.3, -0.25) is 10.1 Å². The molecule has 112 valence electrons. The first kappa shape index (κ1) is 15.8. The third-order valence-electron chi connectivity index (χ3n) is 2.70. The summed E-state index contributed by atoms with van der Waals surface area (Å²) >= 11 is 2.84. The molecule has 0 unspecified atom stereocenters. The van der Waals surface area contributed by atoms with Gasteiger partial charge in [0, 0.05) is 5.69 Å². The van der Waals surface area contributed by atoms with Crippen LogP contribution >= 0.6 is 23.1 Å². The molecule has 6 nitrogen and oxygen atoms in total. The molecule has 0 aliphatic heterocycles. The lowest BCUT2D eigenvalue weighted by Gasteiger charge is -2.12. The highest BCUT2D eigenvalue weighted by Gasteiger charge is 2.20. The number of hydrogen-bond acceptors (Lipinski definition) is 7. The Kier molecular flexibility index (Phi) is 5.63. The molecule has 0 saturated heterocycles. The molecule has 0 fully saturated rings. The first-order valence-electron chi connectivity index (χ1n) is 6.71. The number of anilines is 1. The second-order valence-electron chi connectivity index (χ2n) is 4.36. The van der Waals surface area contributed by atoms with Crippen molar-refractivity contribution in [3.8, 4) is 0 Å². The third-order valence-corrected chi connectivity index (χ3v) is 4.98. The van der Waals surface area contributed by atoms with Gasteiger partial charge < -0.3 is 0 Å². The van der Waals surface area contributed by atoms with Gasteiger partial charge in [-0.2, -0.15) is 0 Å². The Bertz CT molecular complexity index is 616. The predicted molar refractivity (Wildman–Crippen MR) is 84.6 cm³/mol. The fourth-order valence-electron chi connectivity index (χ4n) is 1.60. The van der Waals surface area contributed by atoms with Gasteiger partial charge in [-0.25, -0.2) is 9.97 Å². The van der Waals surface area contributed by atoms with Crippen LogP contribution in [-0.4, -0.2) is 31.3 Å². The number of nitrogens with zero attached hydrogens (tertiary/aromatic N) is 4. The van der Waals surface area contributed by atoms with E-state index in [1.54, 1.807) is 0 Å². The molecule has 2 aromatic heterocycles. The molecule has 0 aromatic carbocycles. The molecular weight excluding hydrogens is 306 g/mol. The quantitative estimate of drug-likeness (QED) is 0.650. The Morgan fingerprint density at radius 1 is 1.38 bits per heavy atom. The van der Waals surface area contributed by atoms with Crippen LogP contribution in [0.4, 0.5) is 5.13 Å². The van der Waals surface area contributed by atoms with E-state index in [0.29, 0.717) is 11.6 Å². The van der Waals surface area contributed by atoms with Crippen LogP contribution in [-0.2, 0) is 11.2 Å². The van der Waals surface area contributed by atoms with Gasteiger partial charge >= 0.3 is 0 Å². The summed E-state index contributed by atoms with van der Waals surface area (Å²) < 4.78 is 0. The van der Waals surface area contributed by atoms with Gasteiger partial charge in [-0.05, 0) is 25.8 Å². The number of aryl methyl sites for hydroxylation is 2. The van der Waals surface area contributed by atoms with Gasteiger partial charge in [0.05, 0.1) is 5.25 Å². The van der Waals surface area contributed by atoms with Crippen LogP contribution in [0.1, 0.15) is 31.0 Å². The molecule has 1 atom stereocenters. The van der Waals surface area contributed by atoms with Crippen molar-refractivity contribution in [1.82, 2.24) is 20.2 Å². The van der Waals surface area contributed by atoms with Crippen molar-refractivity contribution >= 4 is 34.1 Å². The lowest BCUT2D eigenvalue weighted by atomic mass is 10.3. The fraction of sp³-hybridized carbons (Fsp3) is 0.462. The average Bonchev–Trinajstić information content (AvgIpc) is 2.92. The minimum Gasteiger partial charge on any atom is -0.300 e. The number of rotatable bonds is 6. The Morgan fingerprint density at radius 2 is 2.19 bits per heavy atom. The molecule has 2 aromatic rings. The molecule has 2 rings (SSSR count). The third kappa shape index (κ3) is 4.47. The largest absolute Gasteiger partial charge is 0.300 e. The maximum Gasteiger partial charge on any atom is 0.239 e. The van der Waals surface area contributed by atoms with E-state index in [9.17, 15) is 4.79 Å². The topological polar surface area (TPSA) is 80.7 Å². The standard InChI is InChI=1S/C13H17N5OS2/c1-4-9(20-11-6-8(3)14-7-15-11)12(19)16-13-18-17-10(5-2)21-13/h6-7,9H,4-5H2,1-3H3,(H,16,18,19)/t9-/m1/s1. The van der Waals surface area contributed by atoms with E-state index in [4.69, 9.17) is 0 Å². The molecule has 0 saturated carbocycles. The average molecular weight is 323 g/mol. The first-order chi connectivity index (χ1) is 10.1. The van der Waals surface area contributed by atoms with E-state index in [1.165, 1.54) is 29.4 Å². The molecule has 2 heterocycles. The zero-order chi connectivity index (χ0) is 15.2. The highest BCUT2D eigenvalue weighted by atomic mass is 32.2. The summed E-state index contributed by atoms with van der Waals surface area (Å²) in [6.45, 7) is 5.89. The van der Waals surface area contributed by atoms with Gasteiger partial charge in [-0.1, -0.05) is 36.9 Å². The molecular formula is C13H17N5OS2. The molecule has 1 N–H and O–H groups in total. The van der Waals surface area contributed by atoms with Crippen LogP contribution in [0, 0.1) is 6.92 Å². The minimum absolute atomic E-state index is 0.0717. The predicted octanol–water partition coefficient (Wildman–Crippen LogP) is 2.71. The summed E-state index contributed by atoms with van der Waals surface area (Å²) in [5.41, 5.74) is 0.888. The molecule has 1 amide bonds. The van der Waals surface area contributed by atoms with E-state index >= 15 is 0 Å². The molecule has 21 heavy (non-hydrogen) atoms. The Balaban J connectivity index is 2.01. The van der Waals surface area contributed by atoms with Crippen molar-refractivity contribution in [3.05, 3.63) is 23.1 Å². The monoisotopic (exact) mass is 323 g/mol. The number of amides is 1. The van der Waals surface area contributed by atoms with Gasteiger partial charge in [0.15, 0.2) is 0 Å². The van der Waals surface area contributed by atoms with Crippen LogP contribution in [0.5, 0.6) is 0 Å². The second kappa shape index (κ2) is 7.46. The summed E-state index contributed by atoms with van der Waals surface area (Å²) in [6.07, 6.45) is 3.04. The van der Waals surface area contributed by atoms with E-state index in [0.717, 1.165) is 22.1 Å². The van der Waals surface area contributed by atoms with Crippen LogP contribution < -0.4 is 5.32 Å². The van der Waals surface area contributed by atoms with Crippen molar-refractivity contribution in [1.29, 1.82) is 0 Å². The summed E-state index contributed by atoms with van der Waals surface area (Å²) in [7, 11) is 0. The number of hydrogen-bond donors (Lipinski definition) is 1. The van der Waals surface area contributed by atoms with Crippen molar-refractivity contribution in [2.45, 2.75) is 43.9 Å².